The van der Waals surface area contributed by atoms with E-state index in [1.165, 1.54) is 0 Å². The molecule has 0 aromatic carbocycles. The van der Waals surface area contributed by atoms with Gasteiger partial charge in [0.25, 0.3) is 0 Å². The molecule has 0 unspecified atom stereocenters. The van der Waals surface area contributed by atoms with Crippen molar-refractivity contribution in [3.63, 3.8) is 0 Å². The van der Waals surface area contributed by atoms with Crippen molar-refractivity contribution in [3.05, 3.63) is 15.9 Å². The lowest BCUT2D eigenvalue weighted by atomic mass is 10.3. The summed E-state index contributed by atoms with van der Waals surface area (Å²) in [7, 11) is 1.85. The zero-order valence-electron chi connectivity index (χ0n) is 9.62. The van der Waals surface area contributed by atoms with Crippen LogP contribution < -0.4 is 5.32 Å². The second-order valence-corrected chi connectivity index (χ2v) is 4.42. The van der Waals surface area contributed by atoms with Crippen molar-refractivity contribution in [2.45, 2.75) is 32.9 Å². The number of halogens is 1. The lowest BCUT2D eigenvalue weighted by Gasteiger charge is -2.09. The van der Waals surface area contributed by atoms with Crippen molar-refractivity contribution < 1.29 is 9.90 Å². The number of nitrogens with zero attached hydrogens (tertiary/aromatic N) is 2. The first kappa shape index (κ1) is 13.2. The lowest BCUT2D eigenvalue weighted by Crippen LogP contribution is -2.33. The van der Waals surface area contributed by atoms with E-state index in [1.54, 1.807) is 11.6 Å². The highest BCUT2D eigenvalue weighted by atomic mass is 79.9. The first-order valence-electron chi connectivity index (χ1n) is 5.13. The van der Waals surface area contributed by atoms with Crippen molar-refractivity contribution >= 4 is 21.9 Å². The van der Waals surface area contributed by atoms with Crippen molar-refractivity contribution in [1.29, 1.82) is 0 Å². The maximum Gasteiger partial charge on any atom is 0.320 e. The van der Waals surface area contributed by atoms with Gasteiger partial charge in [-0.1, -0.05) is 6.92 Å². The molecule has 5 nitrogen and oxygen atoms in total. The minimum absolute atomic E-state index is 0.484. The van der Waals surface area contributed by atoms with Crippen LogP contribution >= 0.6 is 15.9 Å². The molecule has 1 atom stereocenters. The smallest absolute Gasteiger partial charge is 0.320 e. The van der Waals surface area contributed by atoms with Crippen LogP contribution in [0, 0.1) is 0 Å². The van der Waals surface area contributed by atoms with E-state index in [0.29, 0.717) is 6.54 Å². The van der Waals surface area contributed by atoms with E-state index >= 15 is 0 Å². The highest BCUT2D eigenvalue weighted by molar-refractivity contribution is 9.10. The summed E-state index contributed by atoms with van der Waals surface area (Å²) in [4.78, 5) is 10.7. The normalized spacial score (nSPS) is 12.8. The van der Waals surface area contributed by atoms with Crippen LogP contribution in [-0.4, -0.2) is 26.9 Å². The molecule has 1 aromatic heterocycles. The maximum atomic E-state index is 10.7. The molecule has 1 rings (SSSR count). The number of hydrogen-bond donors (Lipinski definition) is 2. The van der Waals surface area contributed by atoms with Crippen LogP contribution in [0.25, 0.3) is 0 Å². The molecule has 0 aliphatic heterocycles. The van der Waals surface area contributed by atoms with E-state index in [4.69, 9.17) is 5.11 Å². The minimum Gasteiger partial charge on any atom is -0.480 e. The van der Waals surface area contributed by atoms with Crippen LogP contribution in [0.4, 0.5) is 0 Å². The quantitative estimate of drug-likeness (QED) is 0.858. The predicted molar refractivity (Wildman–Crippen MR) is 64.2 cm³/mol. The first-order chi connectivity index (χ1) is 7.47. The van der Waals surface area contributed by atoms with E-state index in [1.807, 2.05) is 14.0 Å². The van der Waals surface area contributed by atoms with Gasteiger partial charge in [-0.15, -0.1) is 0 Å². The second kappa shape index (κ2) is 5.45. The molecule has 1 heterocycles. The third-order valence-corrected chi connectivity index (χ3v) is 3.36. The fraction of sp³-hybridized carbons (Fsp3) is 0.600. The Morgan fingerprint density at radius 3 is 2.75 bits per heavy atom. The van der Waals surface area contributed by atoms with Crippen LogP contribution in [0.2, 0.25) is 0 Å². The lowest BCUT2D eigenvalue weighted by molar-refractivity contribution is -0.139. The fourth-order valence-electron chi connectivity index (χ4n) is 1.35. The van der Waals surface area contributed by atoms with E-state index < -0.39 is 12.0 Å². The summed E-state index contributed by atoms with van der Waals surface area (Å²) in [5, 5.41) is 16.0. The molecule has 0 radical (unpaired) electrons. The number of carboxylic acid groups (broad SMARTS) is 1. The van der Waals surface area contributed by atoms with Gasteiger partial charge in [-0.2, -0.15) is 5.10 Å². The van der Waals surface area contributed by atoms with Crippen LogP contribution in [0.3, 0.4) is 0 Å². The Morgan fingerprint density at radius 2 is 2.31 bits per heavy atom. The SMILES string of the molecule is CCc1nn(C)c(CN[C@H](C)C(=O)O)c1Br. The zero-order chi connectivity index (χ0) is 12.3. The number of hydrogen-bond acceptors (Lipinski definition) is 3. The fourth-order valence-corrected chi connectivity index (χ4v) is 2.11. The summed E-state index contributed by atoms with van der Waals surface area (Å²) >= 11 is 3.48. The number of nitrogens with one attached hydrogen (secondary N) is 1. The molecule has 2 N–H and O–H groups in total. The van der Waals surface area contributed by atoms with E-state index in [9.17, 15) is 4.79 Å². The van der Waals surface area contributed by atoms with E-state index in [0.717, 1.165) is 22.3 Å². The summed E-state index contributed by atoms with van der Waals surface area (Å²) in [6, 6.07) is -0.563. The Labute approximate surface area is 103 Å². The largest absolute Gasteiger partial charge is 0.480 e. The van der Waals surface area contributed by atoms with Gasteiger partial charge in [-0.3, -0.25) is 14.8 Å². The Balaban J connectivity index is 2.74. The van der Waals surface area contributed by atoms with Crippen molar-refractivity contribution in [1.82, 2.24) is 15.1 Å². The van der Waals surface area contributed by atoms with Crippen LogP contribution in [-0.2, 0) is 24.8 Å². The minimum atomic E-state index is -0.853. The third kappa shape index (κ3) is 2.82. The molecule has 0 fully saturated rings. The topological polar surface area (TPSA) is 67.2 Å². The first-order valence-corrected chi connectivity index (χ1v) is 5.93. The van der Waals surface area contributed by atoms with E-state index in [2.05, 4.69) is 26.3 Å². The average molecular weight is 290 g/mol. The van der Waals surface area contributed by atoms with E-state index in [-0.39, 0.29) is 0 Å². The van der Waals surface area contributed by atoms with Gasteiger partial charge in [-0.25, -0.2) is 0 Å². The van der Waals surface area contributed by atoms with Gasteiger partial charge in [0, 0.05) is 13.6 Å². The standard InChI is InChI=1S/C10H16BrN3O2/c1-4-7-9(11)8(14(3)13-7)5-12-6(2)10(15)16/h6,12H,4-5H2,1-3H3,(H,15,16)/t6-/m1/s1. The van der Waals surface area contributed by atoms with Crippen LogP contribution in [0.15, 0.2) is 4.47 Å². The molecule has 16 heavy (non-hydrogen) atoms. The van der Waals surface area contributed by atoms with Gasteiger partial charge in [0.05, 0.1) is 15.9 Å². The van der Waals surface area contributed by atoms with Gasteiger partial charge in [0.2, 0.25) is 0 Å². The molecule has 0 saturated carbocycles. The van der Waals surface area contributed by atoms with Crippen molar-refractivity contribution in [3.8, 4) is 0 Å². The van der Waals surface area contributed by atoms with Gasteiger partial charge in [-0.05, 0) is 29.3 Å². The number of aryl methyl sites for hydroxylation is 2. The molecule has 0 bridgehead atoms. The molecule has 0 aliphatic carbocycles. The zero-order valence-corrected chi connectivity index (χ0v) is 11.2. The molecule has 0 aliphatic rings. The monoisotopic (exact) mass is 289 g/mol. The van der Waals surface area contributed by atoms with Gasteiger partial charge in [0.15, 0.2) is 0 Å². The summed E-state index contributed by atoms with van der Waals surface area (Å²) in [5.41, 5.74) is 1.95. The number of carbonyl (C=O) groups is 1. The Kier molecular flexibility index (Phi) is 4.49. The van der Waals surface area contributed by atoms with Crippen molar-refractivity contribution in [2.24, 2.45) is 7.05 Å². The molecular formula is C10H16BrN3O2. The number of aliphatic carboxylic acids is 1. The molecule has 0 saturated heterocycles. The number of carboxylic acids is 1. The number of rotatable bonds is 5. The molecular weight excluding hydrogens is 274 g/mol. The molecule has 1 aromatic rings. The third-order valence-electron chi connectivity index (χ3n) is 2.45. The summed E-state index contributed by atoms with van der Waals surface area (Å²) < 4.78 is 2.73. The molecule has 6 heteroatoms. The molecule has 90 valence electrons. The molecule has 0 amide bonds. The second-order valence-electron chi connectivity index (χ2n) is 3.63. The highest BCUT2D eigenvalue weighted by Crippen LogP contribution is 2.21. The Hall–Kier alpha value is -0.880. The summed E-state index contributed by atoms with van der Waals surface area (Å²) in [6.07, 6.45) is 0.850. The number of aromatic nitrogens is 2. The van der Waals surface area contributed by atoms with Crippen molar-refractivity contribution in [2.75, 3.05) is 0 Å². The Bertz CT molecular complexity index is 390. The molecule has 0 spiro atoms. The van der Waals surface area contributed by atoms with Crippen LogP contribution in [0.5, 0.6) is 0 Å². The van der Waals surface area contributed by atoms with Crippen LogP contribution in [0.1, 0.15) is 25.2 Å². The Morgan fingerprint density at radius 1 is 1.69 bits per heavy atom. The van der Waals surface area contributed by atoms with Gasteiger partial charge in [0.1, 0.15) is 6.04 Å². The predicted octanol–water partition coefficient (Wildman–Crippen LogP) is 1.31. The average Bonchev–Trinajstić information content (AvgIpc) is 2.51. The van der Waals surface area contributed by atoms with Gasteiger partial charge >= 0.3 is 5.97 Å². The van der Waals surface area contributed by atoms with Gasteiger partial charge < -0.3 is 5.11 Å². The highest BCUT2D eigenvalue weighted by Gasteiger charge is 2.15. The maximum absolute atomic E-state index is 10.7. The summed E-state index contributed by atoms with van der Waals surface area (Å²) in [5.74, 6) is -0.853. The summed E-state index contributed by atoms with van der Waals surface area (Å²) in [6.45, 7) is 4.13.